The van der Waals surface area contributed by atoms with E-state index in [9.17, 15) is 4.79 Å². The van der Waals surface area contributed by atoms with E-state index in [0.717, 1.165) is 65.0 Å². The molecule has 0 aliphatic carbocycles. The van der Waals surface area contributed by atoms with Crippen molar-refractivity contribution in [2.75, 3.05) is 19.8 Å². The van der Waals surface area contributed by atoms with E-state index in [1.165, 1.54) is 0 Å². The third-order valence-electron chi connectivity index (χ3n) is 6.21. The second-order valence-corrected chi connectivity index (χ2v) is 8.38. The number of amides is 1. The number of hydrogen-bond acceptors (Lipinski definition) is 5. The average Bonchev–Trinajstić information content (AvgIpc) is 3.51. The minimum absolute atomic E-state index is 0.0180. The van der Waals surface area contributed by atoms with E-state index in [2.05, 4.69) is 11.2 Å². The number of likely N-dealkylation sites (tertiary alicyclic amines) is 1. The van der Waals surface area contributed by atoms with Gasteiger partial charge in [-0.05, 0) is 69.0 Å². The summed E-state index contributed by atoms with van der Waals surface area (Å²) >= 11 is 0. The number of carbonyl (C=O) groups excluding carboxylic acids is 1. The van der Waals surface area contributed by atoms with Gasteiger partial charge >= 0.3 is 0 Å². The summed E-state index contributed by atoms with van der Waals surface area (Å²) in [5, 5.41) is 4.12. The minimum Gasteiger partial charge on any atom is -0.486 e. The van der Waals surface area contributed by atoms with Crippen LogP contribution in [-0.4, -0.2) is 40.3 Å². The van der Waals surface area contributed by atoms with E-state index in [-0.39, 0.29) is 11.9 Å². The molecule has 1 amide bonds. The Hall–Kier alpha value is -3.48. The highest BCUT2D eigenvalue weighted by atomic mass is 16.6. The van der Waals surface area contributed by atoms with E-state index in [1.807, 2.05) is 60.6 Å². The van der Waals surface area contributed by atoms with E-state index in [4.69, 9.17) is 14.0 Å². The highest BCUT2D eigenvalue weighted by Crippen LogP contribution is 2.38. The zero-order valence-corrected chi connectivity index (χ0v) is 18.6. The molecule has 2 aromatic heterocycles. The zero-order valence-electron chi connectivity index (χ0n) is 18.6. The Balaban J connectivity index is 1.36. The molecule has 0 saturated carbocycles. The first-order chi connectivity index (χ1) is 15.5. The van der Waals surface area contributed by atoms with Crippen LogP contribution >= 0.6 is 0 Å². The largest absolute Gasteiger partial charge is 0.486 e. The van der Waals surface area contributed by atoms with E-state index in [1.54, 1.807) is 6.08 Å². The summed E-state index contributed by atoms with van der Waals surface area (Å²) in [5.41, 5.74) is 4.14. The molecule has 32 heavy (non-hydrogen) atoms. The molecule has 5 rings (SSSR count). The Kier molecular flexibility index (Phi) is 5.25. The van der Waals surface area contributed by atoms with Crippen molar-refractivity contribution in [1.82, 2.24) is 14.6 Å². The lowest BCUT2D eigenvalue weighted by molar-refractivity contribution is -0.126. The van der Waals surface area contributed by atoms with Gasteiger partial charge in [0.15, 0.2) is 17.3 Å². The lowest BCUT2D eigenvalue weighted by Gasteiger charge is -2.26. The quantitative estimate of drug-likeness (QED) is 0.565. The third-order valence-corrected chi connectivity index (χ3v) is 6.21. The van der Waals surface area contributed by atoms with Crippen LogP contribution in [0.15, 0.2) is 40.9 Å². The molecule has 3 aromatic rings. The molecule has 1 fully saturated rings. The van der Waals surface area contributed by atoms with Crippen LogP contribution in [-0.2, 0) is 4.79 Å². The predicted molar refractivity (Wildman–Crippen MR) is 120 cm³/mol. The molecule has 1 unspecified atom stereocenters. The van der Waals surface area contributed by atoms with Gasteiger partial charge in [0.2, 0.25) is 5.91 Å². The van der Waals surface area contributed by atoms with Gasteiger partial charge in [0, 0.05) is 30.1 Å². The third kappa shape index (κ3) is 3.68. The fraction of sp³-hybridized carbons (Fsp3) is 0.360. The molecule has 0 bridgehead atoms. The Morgan fingerprint density at radius 1 is 1.09 bits per heavy atom. The van der Waals surface area contributed by atoms with Crippen LogP contribution in [0, 0.1) is 20.8 Å². The lowest BCUT2D eigenvalue weighted by Crippen LogP contribution is -2.29. The second-order valence-electron chi connectivity index (χ2n) is 8.38. The van der Waals surface area contributed by atoms with Crippen LogP contribution in [0.5, 0.6) is 11.5 Å². The smallest absolute Gasteiger partial charge is 0.247 e. The number of aryl methyl sites for hydroxylation is 2. The monoisotopic (exact) mass is 433 g/mol. The first-order valence-corrected chi connectivity index (χ1v) is 11.0. The summed E-state index contributed by atoms with van der Waals surface area (Å²) in [6.45, 7) is 7.79. The molecule has 166 valence electrons. The topological polar surface area (TPSA) is 69.7 Å². The van der Waals surface area contributed by atoms with Crippen LogP contribution in [0.25, 0.3) is 11.9 Å². The van der Waals surface area contributed by atoms with E-state index < -0.39 is 0 Å². The molecule has 0 N–H and O–H groups in total. The number of fused-ring (bicyclic) bond motifs is 1. The number of benzene rings is 1. The Bertz CT molecular complexity index is 1190. The highest BCUT2D eigenvalue weighted by molar-refractivity contribution is 5.92. The Morgan fingerprint density at radius 2 is 1.91 bits per heavy atom. The van der Waals surface area contributed by atoms with Gasteiger partial charge in [0.05, 0.1) is 6.04 Å². The van der Waals surface area contributed by atoms with Crippen LogP contribution in [0.3, 0.4) is 0 Å². The van der Waals surface area contributed by atoms with Crippen molar-refractivity contribution < 1.29 is 18.8 Å². The molecule has 7 nitrogen and oxygen atoms in total. The fourth-order valence-electron chi connectivity index (χ4n) is 4.67. The van der Waals surface area contributed by atoms with E-state index >= 15 is 0 Å². The number of ether oxygens (including phenoxy) is 2. The summed E-state index contributed by atoms with van der Waals surface area (Å²) in [7, 11) is 0. The Morgan fingerprint density at radius 3 is 2.69 bits per heavy atom. The molecule has 0 radical (unpaired) electrons. The molecule has 4 heterocycles. The van der Waals surface area contributed by atoms with Crippen molar-refractivity contribution in [1.29, 1.82) is 0 Å². The van der Waals surface area contributed by atoms with Gasteiger partial charge in [-0.2, -0.15) is 0 Å². The molecule has 1 atom stereocenters. The summed E-state index contributed by atoms with van der Waals surface area (Å²) in [5.74, 6) is 3.07. The van der Waals surface area contributed by atoms with Crippen LogP contribution in [0.4, 0.5) is 0 Å². The second kappa shape index (κ2) is 8.22. The molecule has 2 aliphatic heterocycles. The lowest BCUT2D eigenvalue weighted by atomic mass is 10.0. The van der Waals surface area contributed by atoms with E-state index in [0.29, 0.717) is 13.2 Å². The fourth-order valence-corrected chi connectivity index (χ4v) is 4.67. The van der Waals surface area contributed by atoms with Gasteiger partial charge in [-0.3, -0.25) is 9.36 Å². The van der Waals surface area contributed by atoms with Crippen molar-refractivity contribution in [3.05, 3.63) is 64.7 Å². The first kappa shape index (κ1) is 20.4. The van der Waals surface area contributed by atoms with Crippen LogP contribution in [0.1, 0.15) is 47.2 Å². The van der Waals surface area contributed by atoms with Crippen molar-refractivity contribution >= 4 is 12.0 Å². The number of hydrogen-bond donors (Lipinski definition) is 0. The number of carbonyl (C=O) groups is 1. The van der Waals surface area contributed by atoms with Crippen molar-refractivity contribution in [2.24, 2.45) is 0 Å². The van der Waals surface area contributed by atoms with Gasteiger partial charge in [-0.1, -0.05) is 11.2 Å². The molecular weight excluding hydrogens is 406 g/mol. The summed E-state index contributed by atoms with van der Waals surface area (Å²) in [6, 6.07) is 10.0. The highest BCUT2D eigenvalue weighted by Gasteiger charge is 2.30. The van der Waals surface area contributed by atoms with Crippen molar-refractivity contribution in [2.45, 2.75) is 39.7 Å². The van der Waals surface area contributed by atoms with Gasteiger partial charge in [0.25, 0.3) is 0 Å². The van der Waals surface area contributed by atoms with Gasteiger partial charge in [-0.15, -0.1) is 0 Å². The SMILES string of the molecule is Cc1cc(-n2c(C)cc(C=CC(=O)N3CCCC3c3ccc4c(c3)OCCO4)c2C)no1. The van der Waals surface area contributed by atoms with Gasteiger partial charge < -0.3 is 18.9 Å². The van der Waals surface area contributed by atoms with Crippen LogP contribution < -0.4 is 9.47 Å². The first-order valence-electron chi connectivity index (χ1n) is 11.0. The maximum atomic E-state index is 13.1. The molecule has 1 aromatic carbocycles. The minimum atomic E-state index is 0.0180. The summed E-state index contributed by atoms with van der Waals surface area (Å²) in [4.78, 5) is 15.1. The Labute approximate surface area is 187 Å². The predicted octanol–water partition coefficient (Wildman–Crippen LogP) is 4.54. The molecule has 0 spiro atoms. The maximum absolute atomic E-state index is 13.1. The van der Waals surface area contributed by atoms with Gasteiger partial charge in [-0.25, -0.2) is 0 Å². The maximum Gasteiger partial charge on any atom is 0.247 e. The zero-order chi connectivity index (χ0) is 22.2. The molecule has 1 saturated heterocycles. The van der Waals surface area contributed by atoms with Crippen molar-refractivity contribution in [3.63, 3.8) is 0 Å². The van der Waals surface area contributed by atoms with Crippen molar-refractivity contribution in [3.8, 4) is 17.3 Å². The number of nitrogens with zero attached hydrogens (tertiary/aromatic N) is 3. The van der Waals surface area contributed by atoms with Gasteiger partial charge in [0.1, 0.15) is 19.0 Å². The molecule has 2 aliphatic rings. The summed E-state index contributed by atoms with van der Waals surface area (Å²) in [6.07, 6.45) is 5.50. The summed E-state index contributed by atoms with van der Waals surface area (Å²) < 4.78 is 18.6. The molecular formula is C25H27N3O4. The molecule has 7 heteroatoms. The van der Waals surface area contributed by atoms with Crippen LogP contribution in [0.2, 0.25) is 0 Å². The standard InChI is InChI=1S/C25H27N3O4/c1-16-13-19(18(3)28(16)24-14-17(2)32-26-24)7-9-25(29)27-10-4-5-21(27)20-6-8-22-23(15-20)31-12-11-30-22/h6-9,13-15,21H,4-5,10-12H2,1-3H3. The number of aromatic nitrogens is 2. The normalized spacial score (nSPS) is 18.0. The number of rotatable bonds is 4. The average molecular weight is 434 g/mol.